The zero-order valence-electron chi connectivity index (χ0n) is 9.96. The number of benzene rings is 1. The van der Waals surface area contributed by atoms with Crippen molar-refractivity contribution >= 4 is 11.6 Å². The van der Waals surface area contributed by atoms with Crippen LogP contribution in [0.25, 0.3) is 0 Å². The molecule has 2 rings (SSSR count). The first kappa shape index (κ1) is 13.7. The van der Waals surface area contributed by atoms with Gasteiger partial charge in [0, 0.05) is 12.2 Å². The van der Waals surface area contributed by atoms with E-state index in [0.29, 0.717) is 5.69 Å². The Kier molecular flexibility index (Phi) is 3.40. The van der Waals surface area contributed by atoms with Crippen molar-refractivity contribution in [2.24, 2.45) is 11.1 Å². The molecule has 1 aliphatic rings. The van der Waals surface area contributed by atoms with Crippen LogP contribution in [-0.2, 0) is 4.79 Å². The first-order valence-electron chi connectivity index (χ1n) is 5.72. The summed E-state index contributed by atoms with van der Waals surface area (Å²) in [6.07, 6.45) is -3.24. The molecule has 0 aliphatic heterocycles. The number of amides is 1. The number of ether oxygens (including phenoxy) is 1. The number of alkyl halides is 3. The molecule has 1 fully saturated rings. The summed E-state index contributed by atoms with van der Waals surface area (Å²) in [7, 11) is 0. The van der Waals surface area contributed by atoms with Gasteiger partial charge in [0.15, 0.2) is 0 Å². The summed E-state index contributed by atoms with van der Waals surface area (Å²) in [5, 5.41) is 2.63. The molecule has 0 bridgehead atoms. The van der Waals surface area contributed by atoms with Crippen LogP contribution < -0.4 is 15.8 Å². The number of rotatable bonds is 4. The topological polar surface area (TPSA) is 64.4 Å². The van der Waals surface area contributed by atoms with E-state index in [1.165, 1.54) is 12.1 Å². The Hall–Kier alpha value is -1.76. The van der Waals surface area contributed by atoms with Crippen LogP contribution in [0, 0.1) is 5.41 Å². The fourth-order valence-corrected chi connectivity index (χ4v) is 1.68. The summed E-state index contributed by atoms with van der Waals surface area (Å²) in [4.78, 5) is 11.8. The van der Waals surface area contributed by atoms with Gasteiger partial charge in [0.05, 0.1) is 5.41 Å². The molecule has 4 nitrogen and oxygen atoms in total. The highest BCUT2D eigenvalue weighted by molar-refractivity contribution is 5.97. The molecule has 0 radical (unpaired) electrons. The third-order valence-corrected chi connectivity index (χ3v) is 3.07. The van der Waals surface area contributed by atoms with Crippen LogP contribution in [0.5, 0.6) is 5.75 Å². The van der Waals surface area contributed by atoms with Crippen LogP contribution in [-0.4, -0.2) is 18.8 Å². The number of halogens is 3. The van der Waals surface area contributed by atoms with E-state index in [2.05, 4.69) is 10.1 Å². The van der Waals surface area contributed by atoms with Crippen molar-refractivity contribution in [3.63, 3.8) is 0 Å². The van der Waals surface area contributed by atoms with Crippen molar-refractivity contribution in [2.75, 3.05) is 11.9 Å². The standard InChI is InChI=1S/C12H13F3N2O2/c13-12(14,15)19-9-3-1-8(2-4-9)17-10(18)11(7-16)5-6-11/h1-4H,5-7,16H2,(H,17,18). The molecule has 1 aromatic rings. The molecule has 0 aromatic heterocycles. The summed E-state index contributed by atoms with van der Waals surface area (Å²) in [5.74, 6) is -0.523. The lowest BCUT2D eigenvalue weighted by molar-refractivity contribution is -0.274. The summed E-state index contributed by atoms with van der Waals surface area (Å²) in [6.45, 7) is 0.272. The Balaban J connectivity index is 1.97. The van der Waals surface area contributed by atoms with E-state index in [1.807, 2.05) is 0 Å². The van der Waals surface area contributed by atoms with E-state index < -0.39 is 11.8 Å². The second-order valence-corrected chi connectivity index (χ2v) is 4.51. The lowest BCUT2D eigenvalue weighted by atomic mass is 10.1. The Bertz CT molecular complexity index is 467. The van der Waals surface area contributed by atoms with E-state index >= 15 is 0 Å². The van der Waals surface area contributed by atoms with E-state index in [0.717, 1.165) is 25.0 Å². The molecule has 0 heterocycles. The number of carbonyl (C=O) groups excluding carboxylic acids is 1. The van der Waals surface area contributed by atoms with Gasteiger partial charge in [0.2, 0.25) is 5.91 Å². The fraction of sp³-hybridized carbons (Fsp3) is 0.417. The van der Waals surface area contributed by atoms with Crippen LogP contribution in [0.1, 0.15) is 12.8 Å². The monoisotopic (exact) mass is 274 g/mol. The van der Waals surface area contributed by atoms with E-state index in [9.17, 15) is 18.0 Å². The molecule has 1 aliphatic carbocycles. The predicted octanol–water partition coefficient (Wildman–Crippen LogP) is 2.26. The van der Waals surface area contributed by atoms with Crippen LogP contribution in [0.4, 0.5) is 18.9 Å². The maximum atomic E-state index is 12.0. The van der Waals surface area contributed by atoms with E-state index in [4.69, 9.17) is 5.73 Å². The summed E-state index contributed by atoms with van der Waals surface area (Å²) >= 11 is 0. The van der Waals surface area contributed by atoms with Gasteiger partial charge in [-0.2, -0.15) is 0 Å². The molecular formula is C12H13F3N2O2. The Labute approximate surface area is 107 Å². The first-order valence-corrected chi connectivity index (χ1v) is 5.72. The molecule has 0 spiro atoms. The highest BCUT2D eigenvalue weighted by Crippen LogP contribution is 2.45. The predicted molar refractivity (Wildman–Crippen MR) is 62.5 cm³/mol. The Morgan fingerprint density at radius 1 is 1.32 bits per heavy atom. The third-order valence-electron chi connectivity index (χ3n) is 3.07. The molecule has 1 amide bonds. The fourth-order valence-electron chi connectivity index (χ4n) is 1.68. The number of hydrogen-bond acceptors (Lipinski definition) is 3. The molecule has 3 N–H and O–H groups in total. The molecule has 0 saturated heterocycles. The largest absolute Gasteiger partial charge is 0.573 e. The Morgan fingerprint density at radius 2 is 1.89 bits per heavy atom. The highest BCUT2D eigenvalue weighted by atomic mass is 19.4. The molecule has 104 valence electrons. The van der Waals surface area contributed by atoms with Crippen molar-refractivity contribution in [3.8, 4) is 5.75 Å². The van der Waals surface area contributed by atoms with Crippen molar-refractivity contribution in [3.05, 3.63) is 24.3 Å². The highest BCUT2D eigenvalue weighted by Gasteiger charge is 2.48. The summed E-state index contributed by atoms with van der Waals surface area (Å²) in [5.41, 5.74) is 5.43. The van der Waals surface area contributed by atoms with Gasteiger partial charge < -0.3 is 15.8 Å². The van der Waals surface area contributed by atoms with Crippen LogP contribution in [0.15, 0.2) is 24.3 Å². The average Bonchev–Trinajstić information content (AvgIpc) is 3.10. The second kappa shape index (κ2) is 4.73. The van der Waals surface area contributed by atoms with Crippen LogP contribution >= 0.6 is 0 Å². The van der Waals surface area contributed by atoms with Gasteiger partial charge in [-0.1, -0.05) is 0 Å². The van der Waals surface area contributed by atoms with Crippen LogP contribution in [0.2, 0.25) is 0 Å². The zero-order chi connectivity index (χ0) is 14.1. The first-order chi connectivity index (χ1) is 8.85. The van der Waals surface area contributed by atoms with Crippen LogP contribution in [0.3, 0.4) is 0 Å². The quantitative estimate of drug-likeness (QED) is 0.885. The molecule has 0 atom stereocenters. The lowest BCUT2D eigenvalue weighted by Crippen LogP contribution is -2.30. The molecule has 19 heavy (non-hydrogen) atoms. The lowest BCUT2D eigenvalue weighted by Gasteiger charge is -2.13. The minimum Gasteiger partial charge on any atom is -0.406 e. The maximum Gasteiger partial charge on any atom is 0.573 e. The minimum atomic E-state index is -4.72. The summed E-state index contributed by atoms with van der Waals surface area (Å²) in [6, 6.07) is 4.99. The van der Waals surface area contributed by atoms with E-state index in [-0.39, 0.29) is 18.2 Å². The van der Waals surface area contributed by atoms with Gasteiger partial charge >= 0.3 is 6.36 Å². The van der Waals surface area contributed by atoms with E-state index in [1.54, 1.807) is 0 Å². The number of hydrogen-bond donors (Lipinski definition) is 2. The van der Waals surface area contributed by atoms with Crippen molar-refractivity contribution in [1.29, 1.82) is 0 Å². The summed E-state index contributed by atoms with van der Waals surface area (Å²) < 4.78 is 39.6. The molecular weight excluding hydrogens is 261 g/mol. The van der Waals surface area contributed by atoms with Crippen molar-refractivity contribution in [2.45, 2.75) is 19.2 Å². The molecule has 1 saturated carbocycles. The number of carbonyl (C=O) groups is 1. The third kappa shape index (κ3) is 3.37. The average molecular weight is 274 g/mol. The number of nitrogens with two attached hydrogens (primary N) is 1. The Morgan fingerprint density at radius 3 is 2.32 bits per heavy atom. The van der Waals surface area contributed by atoms with Gasteiger partial charge in [-0.15, -0.1) is 13.2 Å². The SMILES string of the molecule is NCC1(C(=O)Nc2ccc(OC(F)(F)F)cc2)CC1. The van der Waals surface area contributed by atoms with Gasteiger partial charge in [-0.3, -0.25) is 4.79 Å². The van der Waals surface area contributed by atoms with Gasteiger partial charge in [-0.05, 0) is 37.1 Å². The maximum absolute atomic E-state index is 12.0. The molecule has 0 unspecified atom stereocenters. The normalized spacial score (nSPS) is 16.8. The number of nitrogens with one attached hydrogen (secondary N) is 1. The van der Waals surface area contributed by atoms with Gasteiger partial charge in [0.25, 0.3) is 0 Å². The molecule has 7 heteroatoms. The van der Waals surface area contributed by atoms with Crippen molar-refractivity contribution in [1.82, 2.24) is 0 Å². The van der Waals surface area contributed by atoms with Crippen molar-refractivity contribution < 1.29 is 22.7 Å². The van der Waals surface area contributed by atoms with Gasteiger partial charge in [0.1, 0.15) is 5.75 Å². The van der Waals surface area contributed by atoms with Gasteiger partial charge in [-0.25, -0.2) is 0 Å². The zero-order valence-corrected chi connectivity index (χ0v) is 9.96. The smallest absolute Gasteiger partial charge is 0.406 e. The number of anilines is 1. The molecule has 1 aromatic carbocycles. The minimum absolute atomic E-state index is 0.195. The second-order valence-electron chi connectivity index (χ2n) is 4.51.